The Morgan fingerprint density at radius 1 is 1.36 bits per heavy atom. The lowest BCUT2D eigenvalue weighted by molar-refractivity contribution is -0.316. The van der Waals surface area contributed by atoms with Crippen molar-refractivity contribution in [2.45, 2.75) is 33.3 Å². The molecule has 11 heavy (non-hydrogen) atoms. The predicted octanol–water partition coefficient (Wildman–Crippen LogP) is 1.84. The van der Waals surface area contributed by atoms with Gasteiger partial charge in [0.15, 0.2) is 0 Å². The van der Waals surface area contributed by atoms with E-state index in [4.69, 9.17) is 4.89 Å². The van der Waals surface area contributed by atoms with Crippen molar-refractivity contribution >= 4 is 5.97 Å². The first-order valence-corrected chi connectivity index (χ1v) is 3.48. The van der Waals surface area contributed by atoms with Gasteiger partial charge in [0.1, 0.15) is 5.60 Å². The van der Waals surface area contributed by atoms with Gasteiger partial charge in [0, 0.05) is 6.08 Å². The van der Waals surface area contributed by atoms with Gasteiger partial charge in [0.25, 0.3) is 0 Å². The van der Waals surface area contributed by atoms with Crippen LogP contribution in [0.3, 0.4) is 0 Å². The zero-order valence-electron chi connectivity index (χ0n) is 7.38. The summed E-state index contributed by atoms with van der Waals surface area (Å²) in [4.78, 5) is 19.8. The fourth-order valence-electron chi connectivity index (χ4n) is 0.330. The number of hydrogen-bond donors (Lipinski definition) is 0. The van der Waals surface area contributed by atoms with Crippen LogP contribution in [0.1, 0.15) is 27.7 Å². The molecule has 64 valence electrons. The fourth-order valence-corrected chi connectivity index (χ4v) is 0.330. The van der Waals surface area contributed by atoms with Gasteiger partial charge in [-0.2, -0.15) is 4.89 Å². The van der Waals surface area contributed by atoms with Crippen LogP contribution in [-0.4, -0.2) is 11.6 Å². The molecule has 0 rings (SSSR count). The SMILES string of the molecule is CC=CC(=O)OOC(C)(C)C. The monoisotopic (exact) mass is 158 g/mol. The molecule has 0 aliphatic heterocycles. The van der Waals surface area contributed by atoms with Crippen molar-refractivity contribution < 1.29 is 14.6 Å². The average molecular weight is 158 g/mol. The van der Waals surface area contributed by atoms with E-state index in [-0.39, 0.29) is 0 Å². The highest BCUT2D eigenvalue weighted by Gasteiger charge is 2.13. The largest absolute Gasteiger partial charge is 0.365 e. The summed E-state index contributed by atoms with van der Waals surface area (Å²) in [5, 5.41) is 0. The molecule has 0 fully saturated rings. The molecule has 0 bridgehead atoms. The standard InChI is InChI=1S/C8H14O3/c1-5-6-7(9)10-11-8(2,3)4/h5-6H,1-4H3. The molecule has 0 spiro atoms. The maximum absolute atomic E-state index is 10.7. The Labute approximate surface area is 66.9 Å². The van der Waals surface area contributed by atoms with Gasteiger partial charge in [0.2, 0.25) is 0 Å². The molecule has 0 aromatic heterocycles. The van der Waals surface area contributed by atoms with E-state index in [1.165, 1.54) is 6.08 Å². The maximum atomic E-state index is 10.7. The predicted molar refractivity (Wildman–Crippen MR) is 41.7 cm³/mol. The molecular weight excluding hydrogens is 144 g/mol. The van der Waals surface area contributed by atoms with Crippen LogP contribution in [0.15, 0.2) is 12.2 Å². The zero-order chi connectivity index (χ0) is 8.91. The number of hydrogen-bond acceptors (Lipinski definition) is 3. The van der Waals surface area contributed by atoms with Crippen molar-refractivity contribution in [3.05, 3.63) is 12.2 Å². The normalized spacial score (nSPS) is 12.0. The first kappa shape index (κ1) is 10.2. The van der Waals surface area contributed by atoms with Gasteiger partial charge < -0.3 is 0 Å². The Kier molecular flexibility index (Phi) is 3.82. The molecule has 0 saturated heterocycles. The van der Waals surface area contributed by atoms with Gasteiger partial charge >= 0.3 is 5.97 Å². The molecule has 3 heteroatoms. The van der Waals surface area contributed by atoms with Crippen molar-refractivity contribution in [3.8, 4) is 0 Å². The fraction of sp³-hybridized carbons (Fsp3) is 0.625. The van der Waals surface area contributed by atoms with E-state index < -0.39 is 11.6 Å². The summed E-state index contributed by atoms with van der Waals surface area (Å²) < 4.78 is 0. The van der Waals surface area contributed by atoms with Crippen molar-refractivity contribution in [3.63, 3.8) is 0 Å². The van der Waals surface area contributed by atoms with E-state index in [2.05, 4.69) is 4.89 Å². The summed E-state index contributed by atoms with van der Waals surface area (Å²) in [7, 11) is 0. The summed E-state index contributed by atoms with van der Waals surface area (Å²) in [6.07, 6.45) is 2.89. The third-order valence-corrected chi connectivity index (χ3v) is 0.677. The Hall–Kier alpha value is -0.830. The number of carbonyl (C=O) groups is 1. The Balaban J connectivity index is 3.63. The van der Waals surface area contributed by atoms with Crippen LogP contribution in [-0.2, 0) is 14.6 Å². The van der Waals surface area contributed by atoms with Crippen LogP contribution in [0.5, 0.6) is 0 Å². The number of allylic oxidation sites excluding steroid dienone is 1. The van der Waals surface area contributed by atoms with Crippen LogP contribution in [0.25, 0.3) is 0 Å². The number of carbonyl (C=O) groups excluding carboxylic acids is 1. The first-order chi connectivity index (χ1) is 4.95. The van der Waals surface area contributed by atoms with Gasteiger partial charge in [-0.3, -0.25) is 4.89 Å². The van der Waals surface area contributed by atoms with E-state index in [0.29, 0.717) is 0 Å². The smallest absolute Gasteiger partial charge is 0.293 e. The molecule has 0 aromatic carbocycles. The van der Waals surface area contributed by atoms with Crippen LogP contribution < -0.4 is 0 Å². The topological polar surface area (TPSA) is 35.5 Å². The molecule has 0 radical (unpaired) electrons. The lowest BCUT2D eigenvalue weighted by atomic mass is 10.2. The van der Waals surface area contributed by atoms with Crippen LogP contribution >= 0.6 is 0 Å². The highest BCUT2D eigenvalue weighted by molar-refractivity contribution is 5.81. The van der Waals surface area contributed by atoms with E-state index in [1.807, 2.05) is 0 Å². The van der Waals surface area contributed by atoms with Crippen molar-refractivity contribution in [2.75, 3.05) is 0 Å². The molecule has 0 aliphatic rings. The molecule has 3 nitrogen and oxygen atoms in total. The summed E-state index contributed by atoms with van der Waals surface area (Å²) in [5.41, 5.74) is -0.447. The maximum Gasteiger partial charge on any atom is 0.365 e. The van der Waals surface area contributed by atoms with E-state index >= 15 is 0 Å². The molecule has 0 saturated carbocycles. The van der Waals surface area contributed by atoms with E-state index in [9.17, 15) is 4.79 Å². The molecule has 0 unspecified atom stereocenters. The molecule has 0 atom stereocenters. The third kappa shape index (κ3) is 7.06. The van der Waals surface area contributed by atoms with Gasteiger partial charge in [-0.1, -0.05) is 6.08 Å². The van der Waals surface area contributed by atoms with Gasteiger partial charge in [-0.25, -0.2) is 4.79 Å². The molecule has 0 N–H and O–H groups in total. The van der Waals surface area contributed by atoms with Crippen molar-refractivity contribution in [2.24, 2.45) is 0 Å². The molecular formula is C8H14O3. The Bertz CT molecular complexity index is 153. The van der Waals surface area contributed by atoms with E-state index in [0.717, 1.165) is 0 Å². The summed E-state index contributed by atoms with van der Waals surface area (Å²) in [6, 6.07) is 0. The molecule has 0 aromatic rings. The Morgan fingerprint density at radius 2 is 1.91 bits per heavy atom. The molecule has 0 amide bonds. The molecule has 0 heterocycles. The van der Waals surface area contributed by atoms with Crippen LogP contribution in [0.4, 0.5) is 0 Å². The van der Waals surface area contributed by atoms with Crippen molar-refractivity contribution in [1.29, 1.82) is 0 Å². The minimum Gasteiger partial charge on any atom is -0.293 e. The van der Waals surface area contributed by atoms with Crippen LogP contribution in [0, 0.1) is 0 Å². The van der Waals surface area contributed by atoms with Gasteiger partial charge in [0.05, 0.1) is 0 Å². The van der Waals surface area contributed by atoms with Crippen molar-refractivity contribution in [1.82, 2.24) is 0 Å². The van der Waals surface area contributed by atoms with Gasteiger partial charge in [-0.05, 0) is 27.7 Å². The minimum atomic E-state index is -0.484. The lowest BCUT2D eigenvalue weighted by Gasteiger charge is -2.15. The minimum absolute atomic E-state index is 0.447. The van der Waals surface area contributed by atoms with Crippen LogP contribution in [0.2, 0.25) is 0 Å². The summed E-state index contributed by atoms with van der Waals surface area (Å²) in [5.74, 6) is -0.484. The lowest BCUT2D eigenvalue weighted by Crippen LogP contribution is -2.21. The third-order valence-electron chi connectivity index (χ3n) is 0.677. The number of rotatable bonds is 2. The highest BCUT2D eigenvalue weighted by Crippen LogP contribution is 2.06. The summed E-state index contributed by atoms with van der Waals surface area (Å²) >= 11 is 0. The van der Waals surface area contributed by atoms with Gasteiger partial charge in [-0.15, -0.1) is 0 Å². The second kappa shape index (κ2) is 4.13. The second-order valence-electron chi connectivity index (χ2n) is 3.10. The quantitative estimate of drug-likeness (QED) is 0.349. The first-order valence-electron chi connectivity index (χ1n) is 3.48. The second-order valence-corrected chi connectivity index (χ2v) is 3.10. The highest BCUT2D eigenvalue weighted by atomic mass is 17.2. The molecule has 0 aliphatic carbocycles. The Morgan fingerprint density at radius 3 is 2.27 bits per heavy atom. The zero-order valence-corrected chi connectivity index (χ0v) is 7.38. The average Bonchev–Trinajstić information content (AvgIpc) is 1.83. The van der Waals surface area contributed by atoms with E-state index in [1.54, 1.807) is 33.8 Å². The summed E-state index contributed by atoms with van der Waals surface area (Å²) in [6.45, 7) is 7.14.